The fraction of sp³-hybridized carbons (Fsp3) is 0.136. The number of benzene rings is 3. The molecule has 0 amide bonds. The molecular formula is C22H18N2O5. The minimum Gasteiger partial charge on any atom is -0.489 e. The topological polar surface area (TPSA) is 83.2 Å². The van der Waals surface area contributed by atoms with Crippen LogP contribution >= 0.6 is 0 Å². The molecular weight excluding hydrogens is 372 g/mol. The summed E-state index contributed by atoms with van der Waals surface area (Å²) in [6.07, 6.45) is 0. The standard InChI is InChI=1S/C22H18N2O5/c25-24(26)21-9-5-4-8-17(21)14-29-23-20-15-28-22-12-18(10-11-19(20)22)27-13-16-6-2-1-3-7-16/h1-12H,13-15H2/b23-20+. The summed E-state index contributed by atoms with van der Waals surface area (Å²) in [5.74, 6) is 1.37. The fourth-order valence-electron chi connectivity index (χ4n) is 2.98. The van der Waals surface area contributed by atoms with Crippen molar-refractivity contribution in [3.8, 4) is 11.5 Å². The smallest absolute Gasteiger partial charge is 0.276 e. The number of nitro groups is 1. The van der Waals surface area contributed by atoms with E-state index in [-0.39, 0.29) is 18.9 Å². The summed E-state index contributed by atoms with van der Waals surface area (Å²) < 4.78 is 11.5. The van der Waals surface area contributed by atoms with Crippen LogP contribution in [0, 0.1) is 10.1 Å². The molecule has 0 aliphatic carbocycles. The predicted octanol–water partition coefficient (Wildman–Crippen LogP) is 4.49. The van der Waals surface area contributed by atoms with Crippen LogP contribution in [0.3, 0.4) is 0 Å². The Labute approximate surface area is 167 Å². The van der Waals surface area contributed by atoms with E-state index in [1.165, 1.54) is 6.07 Å². The molecule has 1 aliphatic rings. The van der Waals surface area contributed by atoms with Crippen molar-refractivity contribution in [1.82, 2.24) is 0 Å². The third-order valence-electron chi connectivity index (χ3n) is 4.46. The zero-order valence-corrected chi connectivity index (χ0v) is 15.5. The molecule has 146 valence electrons. The lowest BCUT2D eigenvalue weighted by Gasteiger charge is -2.07. The highest BCUT2D eigenvalue weighted by Gasteiger charge is 2.21. The maximum absolute atomic E-state index is 11.1. The zero-order chi connectivity index (χ0) is 20.1. The van der Waals surface area contributed by atoms with Gasteiger partial charge in [0.25, 0.3) is 5.69 Å². The second-order valence-electron chi connectivity index (χ2n) is 6.42. The van der Waals surface area contributed by atoms with Gasteiger partial charge in [0, 0.05) is 17.7 Å². The summed E-state index contributed by atoms with van der Waals surface area (Å²) in [4.78, 5) is 16.0. The van der Waals surface area contributed by atoms with Crippen molar-refractivity contribution in [2.75, 3.05) is 6.61 Å². The molecule has 4 rings (SSSR count). The predicted molar refractivity (Wildman–Crippen MR) is 107 cm³/mol. The van der Waals surface area contributed by atoms with Gasteiger partial charge in [-0.2, -0.15) is 0 Å². The lowest BCUT2D eigenvalue weighted by atomic mass is 10.1. The Morgan fingerprint density at radius 2 is 1.79 bits per heavy atom. The van der Waals surface area contributed by atoms with Crippen molar-refractivity contribution < 1.29 is 19.2 Å². The largest absolute Gasteiger partial charge is 0.489 e. The van der Waals surface area contributed by atoms with Gasteiger partial charge in [-0.1, -0.05) is 47.6 Å². The number of nitrogens with zero attached hydrogens (tertiary/aromatic N) is 2. The Kier molecular flexibility index (Phi) is 5.38. The van der Waals surface area contributed by atoms with Gasteiger partial charge in [-0.05, 0) is 23.8 Å². The minimum atomic E-state index is -0.434. The summed E-state index contributed by atoms with van der Waals surface area (Å²) in [5.41, 5.74) is 3.01. The normalized spacial score (nSPS) is 13.6. The van der Waals surface area contributed by atoms with E-state index in [4.69, 9.17) is 14.3 Å². The van der Waals surface area contributed by atoms with Gasteiger partial charge in [0.1, 0.15) is 37.0 Å². The van der Waals surface area contributed by atoms with Crippen LogP contribution in [0.2, 0.25) is 0 Å². The number of rotatable bonds is 7. The first-order valence-electron chi connectivity index (χ1n) is 9.06. The zero-order valence-electron chi connectivity index (χ0n) is 15.5. The van der Waals surface area contributed by atoms with Gasteiger partial charge in [-0.25, -0.2) is 0 Å². The van der Waals surface area contributed by atoms with E-state index < -0.39 is 4.92 Å². The highest BCUT2D eigenvalue weighted by atomic mass is 16.6. The molecule has 0 N–H and O–H groups in total. The van der Waals surface area contributed by atoms with Gasteiger partial charge >= 0.3 is 0 Å². The number of hydrogen-bond donors (Lipinski definition) is 0. The summed E-state index contributed by atoms with van der Waals surface area (Å²) in [6, 6.07) is 21.9. The van der Waals surface area contributed by atoms with Crippen LogP contribution in [0.25, 0.3) is 0 Å². The molecule has 0 saturated carbocycles. The molecule has 0 unspecified atom stereocenters. The lowest BCUT2D eigenvalue weighted by Crippen LogP contribution is -2.04. The van der Waals surface area contributed by atoms with Crippen LogP contribution in [-0.4, -0.2) is 17.2 Å². The van der Waals surface area contributed by atoms with Crippen LogP contribution in [0.4, 0.5) is 5.69 Å². The Morgan fingerprint density at radius 1 is 1.00 bits per heavy atom. The van der Waals surface area contributed by atoms with Crippen LogP contribution in [0.1, 0.15) is 16.7 Å². The second-order valence-corrected chi connectivity index (χ2v) is 6.42. The molecule has 0 fully saturated rings. The maximum atomic E-state index is 11.1. The van der Waals surface area contributed by atoms with Crippen LogP contribution in [0.5, 0.6) is 11.5 Å². The average molecular weight is 390 g/mol. The Bertz CT molecular complexity index is 1050. The fourth-order valence-corrected chi connectivity index (χ4v) is 2.98. The molecule has 29 heavy (non-hydrogen) atoms. The van der Waals surface area contributed by atoms with Gasteiger partial charge in [0.2, 0.25) is 0 Å². The SMILES string of the molecule is O=[N+]([O-])c1ccccc1CO/N=C1\COc2cc(OCc3ccccc3)ccc21. The number of fused-ring (bicyclic) bond motifs is 1. The number of oxime groups is 1. The van der Waals surface area contributed by atoms with Gasteiger partial charge in [-0.3, -0.25) is 10.1 Å². The first kappa shape index (κ1) is 18.5. The number of ether oxygens (including phenoxy) is 2. The maximum Gasteiger partial charge on any atom is 0.276 e. The van der Waals surface area contributed by atoms with Crippen molar-refractivity contribution in [1.29, 1.82) is 0 Å². The summed E-state index contributed by atoms with van der Waals surface area (Å²) in [5, 5.41) is 15.2. The quantitative estimate of drug-likeness (QED) is 0.438. The highest BCUT2D eigenvalue weighted by Crippen LogP contribution is 2.30. The molecule has 0 radical (unpaired) electrons. The van der Waals surface area contributed by atoms with E-state index in [1.54, 1.807) is 18.2 Å². The first-order valence-corrected chi connectivity index (χ1v) is 9.06. The molecule has 1 heterocycles. The number of para-hydroxylation sites is 1. The third kappa shape index (κ3) is 4.35. The van der Waals surface area contributed by atoms with Gasteiger partial charge in [0.15, 0.2) is 0 Å². The number of hydrogen-bond acceptors (Lipinski definition) is 6. The van der Waals surface area contributed by atoms with E-state index in [0.29, 0.717) is 29.4 Å². The molecule has 3 aromatic carbocycles. The molecule has 0 atom stereocenters. The van der Waals surface area contributed by atoms with Crippen molar-refractivity contribution in [3.05, 3.63) is 99.6 Å². The van der Waals surface area contributed by atoms with Crippen molar-refractivity contribution in [2.45, 2.75) is 13.2 Å². The monoisotopic (exact) mass is 390 g/mol. The molecule has 0 saturated heterocycles. The molecule has 0 bridgehead atoms. The van der Waals surface area contributed by atoms with Crippen LogP contribution in [0.15, 0.2) is 78.0 Å². The van der Waals surface area contributed by atoms with E-state index in [2.05, 4.69) is 5.16 Å². The molecule has 1 aliphatic heterocycles. The summed E-state index contributed by atoms with van der Waals surface area (Å²) >= 11 is 0. The average Bonchev–Trinajstić information content (AvgIpc) is 3.15. The Morgan fingerprint density at radius 3 is 2.62 bits per heavy atom. The van der Waals surface area contributed by atoms with Gasteiger partial charge in [0.05, 0.1) is 10.5 Å². The van der Waals surface area contributed by atoms with Crippen LogP contribution in [-0.2, 0) is 18.1 Å². The molecule has 7 heteroatoms. The van der Waals surface area contributed by atoms with E-state index >= 15 is 0 Å². The van der Waals surface area contributed by atoms with Crippen molar-refractivity contribution in [2.24, 2.45) is 5.16 Å². The number of nitro benzene ring substituents is 1. The van der Waals surface area contributed by atoms with E-state index in [0.717, 1.165) is 11.1 Å². The van der Waals surface area contributed by atoms with E-state index in [9.17, 15) is 10.1 Å². The molecule has 7 nitrogen and oxygen atoms in total. The Hall–Kier alpha value is -3.87. The second kappa shape index (κ2) is 8.43. The molecule has 0 spiro atoms. The van der Waals surface area contributed by atoms with Gasteiger partial charge < -0.3 is 14.3 Å². The van der Waals surface area contributed by atoms with Crippen molar-refractivity contribution in [3.63, 3.8) is 0 Å². The van der Waals surface area contributed by atoms with Crippen molar-refractivity contribution >= 4 is 11.4 Å². The summed E-state index contributed by atoms with van der Waals surface area (Å²) in [6.45, 7) is 0.752. The molecule has 0 aromatic heterocycles. The summed E-state index contributed by atoms with van der Waals surface area (Å²) in [7, 11) is 0. The third-order valence-corrected chi connectivity index (χ3v) is 4.46. The van der Waals surface area contributed by atoms with E-state index in [1.807, 2.05) is 48.5 Å². The Balaban J connectivity index is 1.40. The molecule has 3 aromatic rings. The minimum absolute atomic E-state index is 0.00819. The highest BCUT2D eigenvalue weighted by molar-refractivity contribution is 6.06. The van der Waals surface area contributed by atoms with Crippen LogP contribution < -0.4 is 9.47 Å². The lowest BCUT2D eigenvalue weighted by molar-refractivity contribution is -0.386. The first-order chi connectivity index (χ1) is 14.2. The van der Waals surface area contributed by atoms with Gasteiger partial charge in [-0.15, -0.1) is 0 Å².